The Morgan fingerprint density at radius 1 is 0.923 bits per heavy atom. The Morgan fingerprint density at radius 2 is 1.15 bits per heavy atom. The maximum absolute atomic E-state index is 12.9. The first-order valence-electron chi connectivity index (χ1n) is 3.99. The molecule has 0 fully saturated rings. The number of carbonyl (C=O) groups excluding carboxylic acids is 2. The first-order valence-corrected chi connectivity index (χ1v) is 3.99. The molecule has 0 aliphatic heterocycles. The van der Waals surface area contributed by atoms with E-state index in [1.165, 1.54) is 0 Å². The van der Waals surface area contributed by atoms with E-state index in [1.54, 1.807) is 0 Å². The van der Waals surface area contributed by atoms with Crippen LogP contribution >= 0.6 is 0 Å². The van der Waals surface area contributed by atoms with E-state index in [4.69, 9.17) is 0 Å². The summed E-state index contributed by atoms with van der Waals surface area (Å²) in [7, 11) is 0. The van der Waals surface area contributed by atoms with Crippen molar-refractivity contribution in [3.05, 3.63) is 0 Å². The second-order valence-corrected chi connectivity index (χ2v) is 3.97. The van der Waals surface area contributed by atoms with Crippen LogP contribution in [0.15, 0.2) is 0 Å². The van der Waals surface area contributed by atoms with Crippen molar-refractivity contribution >= 4 is 11.6 Å². The second-order valence-electron chi connectivity index (χ2n) is 3.97. The fourth-order valence-electron chi connectivity index (χ4n) is 0.566. The normalized spacial score (nSPS) is 12.8. The molecule has 0 radical (unpaired) electrons. The van der Waals surface area contributed by atoms with Gasteiger partial charge in [0, 0.05) is 0 Å². The number of carbonyl (C=O) groups is 2. The average Bonchev–Trinajstić information content (AvgIpc) is 1.82. The number of rotatable bonds is 4. The lowest BCUT2D eigenvalue weighted by atomic mass is 9.95. The molecule has 0 aliphatic carbocycles. The first-order chi connectivity index (χ1) is 5.55. The summed E-state index contributed by atoms with van der Waals surface area (Å²) in [5.41, 5.74) is -4.14. The molecule has 0 heterocycles. The predicted molar refractivity (Wildman–Crippen MR) is 45.0 cm³/mol. The minimum absolute atomic E-state index is 0.688. The van der Waals surface area contributed by atoms with Gasteiger partial charge in [0.05, 0.1) is 6.42 Å². The summed E-state index contributed by atoms with van der Waals surface area (Å²) in [5, 5.41) is 0. The molecule has 0 rings (SSSR count). The third-order valence-electron chi connectivity index (χ3n) is 1.65. The molecule has 2 nitrogen and oxygen atoms in total. The molecule has 0 atom stereocenters. The van der Waals surface area contributed by atoms with Crippen molar-refractivity contribution in [3.63, 3.8) is 0 Å². The van der Waals surface area contributed by atoms with Crippen molar-refractivity contribution in [2.45, 2.75) is 45.5 Å². The van der Waals surface area contributed by atoms with E-state index in [0.29, 0.717) is 0 Å². The number of hydrogen-bond acceptors (Lipinski definition) is 2. The Labute approximate surface area is 76.3 Å². The molecule has 0 amide bonds. The number of ketones is 2. The van der Waals surface area contributed by atoms with Crippen LogP contribution in [0.5, 0.6) is 0 Å². The van der Waals surface area contributed by atoms with E-state index in [9.17, 15) is 18.4 Å². The van der Waals surface area contributed by atoms with Gasteiger partial charge in [-0.3, -0.25) is 9.59 Å². The van der Waals surface area contributed by atoms with E-state index in [-0.39, 0.29) is 0 Å². The van der Waals surface area contributed by atoms with Crippen molar-refractivity contribution in [1.82, 2.24) is 0 Å². The zero-order valence-corrected chi connectivity index (χ0v) is 8.28. The van der Waals surface area contributed by atoms with Crippen LogP contribution in [0.1, 0.15) is 34.1 Å². The lowest BCUT2D eigenvalue weighted by Gasteiger charge is -2.15. The second kappa shape index (κ2) is 3.52. The molecule has 13 heavy (non-hydrogen) atoms. The fraction of sp³-hybridized carbons (Fsp3) is 0.778. The fourth-order valence-corrected chi connectivity index (χ4v) is 0.566. The molecule has 76 valence electrons. The minimum atomic E-state index is -2.07. The summed E-state index contributed by atoms with van der Waals surface area (Å²) in [6.07, 6.45) is -0.688. The first kappa shape index (κ1) is 12.2. The van der Waals surface area contributed by atoms with Gasteiger partial charge in [0.25, 0.3) is 0 Å². The molecular formula is C9H14F2O2. The molecule has 4 heteroatoms. The van der Waals surface area contributed by atoms with E-state index < -0.39 is 29.3 Å². The van der Waals surface area contributed by atoms with Crippen LogP contribution in [0.3, 0.4) is 0 Å². The Hall–Kier alpha value is -0.800. The molecule has 0 aromatic heterocycles. The van der Waals surface area contributed by atoms with Gasteiger partial charge in [-0.2, -0.15) is 0 Å². The molecule has 0 saturated carbocycles. The molecular weight excluding hydrogens is 178 g/mol. The van der Waals surface area contributed by atoms with Gasteiger partial charge in [-0.15, -0.1) is 0 Å². The van der Waals surface area contributed by atoms with Crippen LogP contribution in [-0.4, -0.2) is 22.9 Å². The SMILES string of the molecule is CC(C)(F)C(=O)CC(=O)C(C)(C)F. The summed E-state index contributed by atoms with van der Waals surface area (Å²) in [4.78, 5) is 21.9. The highest BCUT2D eigenvalue weighted by Gasteiger charge is 2.34. The molecule has 0 aliphatic rings. The number of halogens is 2. The average molecular weight is 192 g/mol. The van der Waals surface area contributed by atoms with Gasteiger partial charge in [0.15, 0.2) is 22.9 Å². The molecule has 0 aromatic rings. The Kier molecular flexibility index (Phi) is 3.30. The molecule has 0 aromatic carbocycles. The maximum atomic E-state index is 12.9. The van der Waals surface area contributed by atoms with Crippen molar-refractivity contribution < 1.29 is 18.4 Å². The summed E-state index contributed by atoms with van der Waals surface area (Å²) in [5.74, 6) is -1.77. The van der Waals surface area contributed by atoms with Crippen LogP contribution in [-0.2, 0) is 9.59 Å². The molecule has 0 saturated heterocycles. The monoisotopic (exact) mass is 192 g/mol. The third-order valence-corrected chi connectivity index (χ3v) is 1.65. The zero-order valence-electron chi connectivity index (χ0n) is 8.28. The van der Waals surface area contributed by atoms with E-state index >= 15 is 0 Å². The highest BCUT2D eigenvalue weighted by Crippen LogP contribution is 2.17. The minimum Gasteiger partial charge on any atom is -0.296 e. The molecule has 0 N–H and O–H groups in total. The Morgan fingerprint density at radius 3 is 1.31 bits per heavy atom. The zero-order chi connectivity index (χ0) is 10.9. The van der Waals surface area contributed by atoms with E-state index in [0.717, 1.165) is 27.7 Å². The maximum Gasteiger partial charge on any atom is 0.176 e. The van der Waals surface area contributed by atoms with Crippen LogP contribution in [0.4, 0.5) is 8.78 Å². The summed E-state index contributed by atoms with van der Waals surface area (Å²) < 4.78 is 25.8. The van der Waals surface area contributed by atoms with Crippen molar-refractivity contribution in [1.29, 1.82) is 0 Å². The lowest BCUT2D eigenvalue weighted by molar-refractivity contribution is -0.137. The number of hydrogen-bond donors (Lipinski definition) is 0. The van der Waals surface area contributed by atoms with Crippen LogP contribution in [0, 0.1) is 0 Å². The van der Waals surface area contributed by atoms with Gasteiger partial charge in [-0.1, -0.05) is 0 Å². The highest BCUT2D eigenvalue weighted by molar-refractivity contribution is 6.05. The Balaban J connectivity index is 4.34. The van der Waals surface area contributed by atoms with Gasteiger partial charge in [0.2, 0.25) is 0 Å². The topological polar surface area (TPSA) is 34.1 Å². The largest absolute Gasteiger partial charge is 0.296 e. The van der Waals surface area contributed by atoms with Crippen molar-refractivity contribution in [3.8, 4) is 0 Å². The van der Waals surface area contributed by atoms with Gasteiger partial charge >= 0.3 is 0 Å². The van der Waals surface area contributed by atoms with Crippen molar-refractivity contribution in [2.75, 3.05) is 0 Å². The molecule has 0 bridgehead atoms. The van der Waals surface area contributed by atoms with Gasteiger partial charge < -0.3 is 0 Å². The standard InChI is InChI=1S/C9H14F2O2/c1-8(2,10)6(12)5-7(13)9(3,4)11/h5H2,1-4H3. The van der Waals surface area contributed by atoms with Crippen molar-refractivity contribution in [2.24, 2.45) is 0 Å². The van der Waals surface area contributed by atoms with Crippen LogP contribution in [0.25, 0.3) is 0 Å². The van der Waals surface area contributed by atoms with Crippen LogP contribution < -0.4 is 0 Å². The van der Waals surface area contributed by atoms with E-state index in [2.05, 4.69) is 0 Å². The van der Waals surface area contributed by atoms with Gasteiger partial charge in [-0.25, -0.2) is 8.78 Å². The highest BCUT2D eigenvalue weighted by atomic mass is 19.1. The number of alkyl halides is 2. The van der Waals surface area contributed by atoms with Gasteiger partial charge in [0.1, 0.15) is 0 Å². The third kappa shape index (κ3) is 4.10. The quantitative estimate of drug-likeness (QED) is 0.638. The van der Waals surface area contributed by atoms with Crippen LogP contribution in [0.2, 0.25) is 0 Å². The Bertz CT molecular complexity index is 197. The predicted octanol–water partition coefficient (Wildman–Crippen LogP) is 2.01. The lowest BCUT2D eigenvalue weighted by Crippen LogP contribution is -2.34. The summed E-state index contributed by atoms with van der Waals surface area (Å²) >= 11 is 0. The smallest absolute Gasteiger partial charge is 0.176 e. The van der Waals surface area contributed by atoms with E-state index in [1.807, 2.05) is 0 Å². The summed E-state index contributed by atoms with van der Waals surface area (Å²) in [6.45, 7) is 4.20. The molecule has 0 spiro atoms. The summed E-state index contributed by atoms with van der Waals surface area (Å²) in [6, 6.07) is 0. The number of Topliss-reactive ketones (excluding diaryl/α,β-unsaturated/α-hetero) is 2. The van der Waals surface area contributed by atoms with Gasteiger partial charge in [-0.05, 0) is 27.7 Å². The molecule has 0 unspecified atom stereocenters.